The quantitative estimate of drug-likeness (QED) is 0.755. The number of aryl methyl sites for hydroxylation is 1. The van der Waals surface area contributed by atoms with Crippen LogP contribution in [0.5, 0.6) is 5.75 Å². The number of aromatic hydroxyl groups is 1. The Morgan fingerprint density at radius 3 is 2.33 bits per heavy atom. The molecule has 1 aromatic carbocycles. The highest BCUT2D eigenvalue weighted by Crippen LogP contribution is 2.34. The number of phenols is 1. The number of hydrogen-bond donors (Lipinski definition) is 1. The molecule has 0 spiro atoms. The number of phenolic OH excluding ortho intramolecular Hbond substituents is 1. The third kappa shape index (κ3) is 2.38. The molecule has 0 aliphatic heterocycles. The van der Waals surface area contributed by atoms with Crippen molar-refractivity contribution in [3.63, 3.8) is 0 Å². The summed E-state index contributed by atoms with van der Waals surface area (Å²) in [5, 5.41) is 10.0. The lowest BCUT2D eigenvalue weighted by molar-refractivity contribution is 0.112. The zero-order chi connectivity index (χ0) is 11.6. The molecule has 0 heterocycles. The number of carbonyl (C=O) groups excluding carboxylic acids is 1. The van der Waals surface area contributed by atoms with E-state index in [2.05, 4.69) is 0 Å². The Morgan fingerprint density at radius 1 is 1.33 bits per heavy atom. The van der Waals surface area contributed by atoms with Gasteiger partial charge in [0.15, 0.2) is 0 Å². The lowest BCUT2D eigenvalue weighted by Crippen LogP contribution is -2.12. The third-order valence-corrected chi connectivity index (χ3v) is 2.54. The Bertz CT molecular complexity index is 373. The van der Waals surface area contributed by atoms with Crippen LogP contribution in [0.1, 0.15) is 49.2 Å². The highest BCUT2D eigenvalue weighted by Gasteiger charge is 2.20. The van der Waals surface area contributed by atoms with Crippen LogP contribution in [0.15, 0.2) is 12.1 Å². The highest BCUT2D eigenvalue weighted by molar-refractivity contribution is 5.76. The van der Waals surface area contributed by atoms with E-state index in [1.807, 2.05) is 27.7 Å². The third-order valence-electron chi connectivity index (χ3n) is 2.54. The average molecular weight is 206 g/mol. The number of benzene rings is 1. The summed E-state index contributed by atoms with van der Waals surface area (Å²) in [4.78, 5) is 10.8. The summed E-state index contributed by atoms with van der Waals surface area (Å²) >= 11 is 0. The van der Waals surface area contributed by atoms with Gasteiger partial charge in [0.05, 0.1) is 0 Å². The average Bonchev–Trinajstić information content (AvgIpc) is 2.16. The van der Waals surface area contributed by atoms with Crippen molar-refractivity contribution < 1.29 is 9.90 Å². The number of rotatable bonds is 2. The zero-order valence-electron chi connectivity index (χ0n) is 9.79. The number of hydrogen-bond acceptors (Lipinski definition) is 2. The molecular weight excluding hydrogens is 188 g/mol. The molecule has 0 bridgehead atoms. The lowest BCUT2D eigenvalue weighted by atomic mass is 9.84. The minimum Gasteiger partial charge on any atom is -0.507 e. The van der Waals surface area contributed by atoms with Gasteiger partial charge in [-0.1, -0.05) is 27.7 Å². The van der Waals surface area contributed by atoms with Gasteiger partial charge in [0, 0.05) is 11.1 Å². The first-order valence-electron chi connectivity index (χ1n) is 5.21. The van der Waals surface area contributed by atoms with Gasteiger partial charge in [-0.3, -0.25) is 4.79 Å². The standard InChI is InChI=1S/C13H18O2/c1-5-10-6-9(8-14)7-11(12(10)15)13(2,3)4/h6-8,15H,5H2,1-4H3. The molecule has 1 rings (SSSR count). The van der Waals surface area contributed by atoms with Gasteiger partial charge >= 0.3 is 0 Å². The molecule has 0 aromatic heterocycles. The molecule has 1 N–H and O–H groups in total. The first-order chi connectivity index (χ1) is 6.90. The first kappa shape index (κ1) is 11.8. The molecule has 82 valence electrons. The highest BCUT2D eigenvalue weighted by atomic mass is 16.3. The van der Waals surface area contributed by atoms with Gasteiger partial charge in [0.1, 0.15) is 12.0 Å². The molecule has 15 heavy (non-hydrogen) atoms. The van der Waals surface area contributed by atoms with Crippen LogP contribution in [0.25, 0.3) is 0 Å². The predicted molar refractivity (Wildman–Crippen MR) is 61.6 cm³/mol. The van der Waals surface area contributed by atoms with Crippen LogP contribution in [0, 0.1) is 0 Å². The van der Waals surface area contributed by atoms with E-state index in [0.717, 1.165) is 23.8 Å². The monoisotopic (exact) mass is 206 g/mol. The van der Waals surface area contributed by atoms with Crippen molar-refractivity contribution in [2.45, 2.75) is 39.5 Å². The maximum Gasteiger partial charge on any atom is 0.150 e. The van der Waals surface area contributed by atoms with Gasteiger partial charge in [-0.05, 0) is 29.5 Å². The van der Waals surface area contributed by atoms with Gasteiger partial charge in [-0.25, -0.2) is 0 Å². The fourth-order valence-corrected chi connectivity index (χ4v) is 1.63. The molecule has 0 atom stereocenters. The molecule has 2 heteroatoms. The van der Waals surface area contributed by atoms with Crippen molar-refractivity contribution in [2.24, 2.45) is 0 Å². The van der Waals surface area contributed by atoms with Crippen molar-refractivity contribution in [3.8, 4) is 5.75 Å². The van der Waals surface area contributed by atoms with E-state index in [1.165, 1.54) is 0 Å². The minimum atomic E-state index is -0.146. The van der Waals surface area contributed by atoms with Crippen LogP contribution in [0.3, 0.4) is 0 Å². The summed E-state index contributed by atoms with van der Waals surface area (Å²) in [6, 6.07) is 3.51. The van der Waals surface area contributed by atoms with E-state index in [4.69, 9.17) is 0 Å². The molecule has 2 nitrogen and oxygen atoms in total. The SMILES string of the molecule is CCc1cc(C=O)cc(C(C)(C)C)c1O. The largest absolute Gasteiger partial charge is 0.507 e. The number of carbonyl (C=O) groups is 1. The van der Waals surface area contributed by atoms with E-state index < -0.39 is 0 Å². The smallest absolute Gasteiger partial charge is 0.150 e. The Hall–Kier alpha value is -1.31. The first-order valence-corrected chi connectivity index (χ1v) is 5.21. The summed E-state index contributed by atoms with van der Waals surface area (Å²) in [5.74, 6) is 0.329. The second-order valence-corrected chi connectivity index (χ2v) is 4.80. The fraction of sp³-hybridized carbons (Fsp3) is 0.462. The van der Waals surface area contributed by atoms with Crippen molar-refractivity contribution in [1.29, 1.82) is 0 Å². The molecular formula is C13H18O2. The van der Waals surface area contributed by atoms with Crippen molar-refractivity contribution in [1.82, 2.24) is 0 Å². The van der Waals surface area contributed by atoms with E-state index in [-0.39, 0.29) is 5.41 Å². The summed E-state index contributed by atoms with van der Waals surface area (Å²) in [6.07, 6.45) is 1.56. The second-order valence-electron chi connectivity index (χ2n) is 4.80. The van der Waals surface area contributed by atoms with Gasteiger partial charge in [0.2, 0.25) is 0 Å². The maximum atomic E-state index is 10.8. The Kier molecular flexibility index (Phi) is 3.18. The minimum absolute atomic E-state index is 0.146. The topological polar surface area (TPSA) is 37.3 Å². The van der Waals surface area contributed by atoms with E-state index in [1.54, 1.807) is 12.1 Å². The van der Waals surface area contributed by atoms with Crippen molar-refractivity contribution in [2.75, 3.05) is 0 Å². The normalized spacial score (nSPS) is 11.5. The lowest BCUT2D eigenvalue weighted by Gasteiger charge is -2.22. The molecule has 0 fully saturated rings. The molecule has 0 aliphatic carbocycles. The maximum absolute atomic E-state index is 10.8. The molecule has 0 saturated heterocycles. The summed E-state index contributed by atoms with van der Waals surface area (Å²) in [6.45, 7) is 8.04. The Labute approximate surface area is 90.9 Å². The van der Waals surface area contributed by atoms with Crippen LogP contribution in [-0.2, 0) is 11.8 Å². The summed E-state index contributed by atoms with van der Waals surface area (Å²) in [5.41, 5.74) is 2.16. The molecule has 0 saturated carbocycles. The van der Waals surface area contributed by atoms with Crippen LogP contribution in [0.2, 0.25) is 0 Å². The van der Waals surface area contributed by atoms with Gasteiger partial charge in [-0.15, -0.1) is 0 Å². The molecule has 0 amide bonds. The van der Waals surface area contributed by atoms with Gasteiger partial charge in [-0.2, -0.15) is 0 Å². The van der Waals surface area contributed by atoms with Crippen molar-refractivity contribution >= 4 is 6.29 Å². The molecule has 1 aromatic rings. The van der Waals surface area contributed by atoms with Gasteiger partial charge < -0.3 is 5.11 Å². The van der Waals surface area contributed by atoms with E-state index in [9.17, 15) is 9.90 Å². The van der Waals surface area contributed by atoms with Gasteiger partial charge in [0.25, 0.3) is 0 Å². The molecule has 0 unspecified atom stereocenters. The molecule has 0 radical (unpaired) electrons. The van der Waals surface area contributed by atoms with Crippen LogP contribution < -0.4 is 0 Å². The van der Waals surface area contributed by atoms with Crippen molar-refractivity contribution in [3.05, 3.63) is 28.8 Å². The summed E-state index contributed by atoms with van der Waals surface area (Å²) in [7, 11) is 0. The van der Waals surface area contributed by atoms with Crippen LogP contribution in [0.4, 0.5) is 0 Å². The second kappa shape index (κ2) is 4.05. The predicted octanol–water partition coefficient (Wildman–Crippen LogP) is 3.06. The van der Waals surface area contributed by atoms with E-state index in [0.29, 0.717) is 11.3 Å². The van der Waals surface area contributed by atoms with E-state index >= 15 is 0 Å². The van der Waals surface area contributed by atoms with Crippen LogP contribution >= 0.6 is 0 Å². The Morgan fingerprint density at radius 2 is 1.93 bits per heavy atom. The van der Waals surface area contributed by atoms with Crippen LogP contribution in [-0.4, -0.2) is 11.4 Å². The zero-order valence-corrected chi connectivity index (χ0v) is 9.79. The molecule has 0 aliphatic rings. The fourth-order valence-electron chi connectivity index (χ4n) is 1.63. The number of aldehydes is 1. The summed E-state index contributed by atoms with van der Waals surface area (Å²) < 4.78 is 0. The Balaban J connectivity index is 3.44.